The van der Waals surface area contributed by atoms with Crippen molar-refractivity contribution in [1.82, 2.24) is 5.32 Å². The fourth-order valence-corrected chi connectivity index (χ4v) is 5.11. The maximum absolute atomic E-state index is 14.8. The van der Waals surface area contributed by atoms with Crippen LogP contribution in [0.3, 0.4) is 0 Å². The number of halogens is 1. The molecule has 0 aromatic carbocycles. The lowest BCUT2D eigenvalue weighted by Crippen LogP contribution is -2.38. The number of methoxy groups -OCH3 is 1. The average Bonchev–Trinajstić information content (AvgIpc) is 2.85. The van der Waals surface area contributed by atoms with Crippen molar-refractivity contribution >= 4 is 19.8 Å². The zero-order valence-electron chi connectivity index (χ0n) is 23.2. The van der Waals surface area contributed by atoms with E-state index in [2.05, 4.69) is 5.32 Å². The van der Waals surface area contributed by atoms with Crippen LogP contribution in [0.25, 0.3) is 0 Å². The van der Waals surface area contributed by atoms with Crippen LogP contribution < -0.4 is 11.1 Å². The number of nitrogens with two attached hydrogens (primary N) is 1. The third kappa shape index (κ3) is 8.29. The van der Waals surface area contributed by atoms with Gasteiger partial charge in [-0.25, -0.2) is 9.18 Å². The van der Waals surface area contributed by atoms with Gasteiger partial charge in [-0.3, -0.25) is 4.79 Å². The van der Waals surface area contributed by atoms with Crippen LogP contribution in [0.5, 0.6) is 0 Å². The van der Waals surface area contributed by atoms with Crippen LogP contribution in [-0.2, 0) is 14.3 Å². The molecule has 1 heterocycles. The molecule has 8 nitrogen and oxygen atoms in total. The molecule has 0 aromatic rings. The highest BCUT2D eigenvalue weighted by Gasteiger charge is 2.34. The Labute approximate surface area is 226 Å². The minimum atomic E-state index is -1.59. The molecule has 0 spiro atoms. The maximum Gasteiger partial charge on any atom is 0.405 e. The predicted molar refractivity (Wildman–Crippen MR) is 145 cm³/mol. The van der Waals surface area contributed by atoms with E-state index >= 15 is 0 Å². The Morgan fingerprint density at radius 1 is 1.18 bits per heavy atom. The van der Waals surface area contributed by atoms with Crippen molar-refractivity contribution in [2.45, 2.75) is 90.3 Å². The van der Waals surface area contributed by atoms with Crippen molar-refractivity contribution in [1.29, 1.82) is 0 Å². The van der Waals surface area contributed by atoms with Gasteiger partial charge in [0.1, 0.15) is 12.3 Å². The molecule has 2 bridgehead atoms. The highest BCUT2D eigenvalue weighted by atomic mass is 19.1. The molecule has 2 rings (SSSR count). The molecule has 1 aliphatic carbocycles. The first-order chi connectivity index (χ1) is 17.8. The van der Waals surface area contributed by atoms with E-state index in [-0.39, 0.29) is 29.5 Å². The van der Waals surface area contributed by atoms with Gasteiger partial charge >= 0.3 is 6.09 Å². The minimum Gasteiger partial charge on any atom is -0.442 e. The van der Waals surface area contributed by atoms with Gasteiger partial charge in [0.05, 0.1) is 26.2 Å². The van der Waals surface area contributed by atoms with Crippen LogP contribution in [-0.4, -0.2) is 67.8 Å². The smallest absolute Gasteiger partial charge is 0.405 e. The number of aliphatic hydroxyl groups excluding tert-OH is 2. The second-order valence-electron chi connectivity index (χ2n) is 10.7. The summed E-state index contributed by atoms with van der Waals surface area (Å²) in [6, 6.07) is 0. The van der Waals surface area contributed by atoms with Gasteiger partial charge in [-0.1, -0.05) is 32.9 Å². The first-order valence-electron chi connectivity index (χ1n) is 13.1. The number of fused-ring (bicyclic) bond motifs is 1. The molecule has 38 heavy (non-hydrogen) atoms. The van der Waals surface area contributed by atoms with E-state index in [0.29, 0.717) is 18.4 Å². The van der Waals surface area contributed by atoms with E-state index in [0.717, 1.165) is 5.57 Å². The molecule has 5 N–H and O–H groups in total. The van der Waals surface area contributed by atoms with Gasteiger partial charge in [-0.15, -0.1) is 0 Å². The highest BCUT2D eigenvalue weighted by Crippen LogP contribution is 2.35. The Kier molecular flexibility index (Phi) is 11.8. The number of carbonyl (C=O) groups excluding carboxylic acids is 2. The SMILES string of the molecule is [B]C1C2=CC(=CC1F)NC(=O)/C(C)=C/CC[C@H](C)[C@@H](OC(N)=O)/C(C)=C/[C@H](C)[C@@H](O)[C@@H](OC)C[C@H](C)[C@H]2O. The summed E-state index contributed by atoms with van der Waals surface area (Å²) in [6.07, 6.45) is 1.85. The number of hydrogen-bond acceptors (Lipinski definition) is 6. The molecule has 2 aliphatic rings. The standard InChI is InChI=1S/C28H42BFN2O6/c1-14-8-7-9-15(2)27(35)32-19-12-20(23(29)21(30)13-19)24(33)17(4)11-22(37-6)25(34)16(3)10-18(5)26(14)38-28(31)36/h9-10,12-14,16-17,21-26,33-34H,7-8,11H2,1-6H3,(H2,31,36)(H,32,35)/b15-9+,18-10+/t14-,16-,17-,21?,22-,23?,24+,25+,26+/m0/s1. The van der Waals surface area contributed by atoms with E-state index in [1.807, 2.05) is 26.8 Å². The number of allylic oxidation sites excluding steroid dienone is 3. The number of ether oxygens (including phenoxy) is 2. The molecule has 10 heteroatoms. The largest absolute Gasteiger partial charge is 0.442 e. The van der Waals surface area contributed by atoms with Gasteiger partial charge in [0.15, 0.2) is 0 Å². The van der Waals surface area contributed by atoms with Crippen molar-refractivity contribution in [3.8, 4) is 0 Å². The van der Waals surface area contributed by atoms with Crippen molar-refractivity contribution < 1.29 is 33.7 Å². The Hall–Kier alpha value is -2.43. The van der Waals surface area contributed by atoms with Crippen LogP contribution >= 0.6 is 0 Å². The Bertz CT molecular complexity index is 980. The van der Waals surface area contributed by atoms with Crippen molar-refractivity contribution in [2.24, 2.45) is 23.5 Å². The number of alkyl halides is 1. The van der Waals surface area contributed by atoms with E-state index in [1.54, 1.807) is 19.9 Å². The van der Waals surface area contributed by atoms with E-state index in [9.17, 15) is 24.2 Å². The third-order valence-corrected chi connectivity index (χ3v) is 7.52. The first kappa shape index (κ1) is 31.8. The average molecular weight is 532 g/mol. The van der Waals surface area contributed by atoms with Crippen LogP contribution in [0, 0.1) is 17.8 Å². The molecular formula is C28H42BFN2O6. The first-order valence-corrected chi connectivity index (χ1v) is 13.1. The molecule has 9 atom stereocenters. The van der Waals surface area contributed by atoms with Crippen molar-refractivity contribution in [3.63, 3.8) is 0 Å². The molecule has 0 fully saturated rings. The Morgan fingerprint density at radius 2 is 1.84 bits per heavy atom. The molecule has 2 amide bonds. The molecular weight excluding hydrogens is 490 g/mol. The Balaban J connectivity index is 2.49. The van der Waals surface area contributed by atoms with Gasteiger partial charge in [0, 0.05) is 24.3 Å². The number of hydrogen-bond donors (Lipinski definition) is 4. The molecule has 0 aromatic heterocycles. The zero-order chi connectivity index (χ0) is 28.7. The Morgan fingerprint density at radius 3 is 2.45 bits per heavy atom. The van der Waals surface area contributed by atoms with Gasteiger partial charge < -0.3 is 30.7 Å². The summed E-state index contributed by atoms with van der Waals surface area (Å²) >= 11 is 0. The normalized spacial score (nSPS) is 39.0. The lowest BCUT2D eigenvalue weighted by molar-refractivity contribution is -0.116. The van der Waals surface area contributed by atoms with Crippen molar-refractivity contribution in [3.05, 3.63) is 46.7 Å². The van der Waals surface area contributed by atoms with Gasteiger partial charge in [-0.2, -0.15) is 0 Å². The third-order valence-electron chi connectivity index (χ3n) is 7.52. The van der Waals surface area contributed by atoms with E-state index < -0.39 is 54.3 Å². The van der Waals surface area contributed by atoms with E-state index in [1.165, 1.54) is 19.3 Å². The molecule has 0 saturated carbocycles. The molecule has 210 valence electrons. The second-order valence-corrected chi connectivity index (χ2v) is 10.7. The summed E-state index contributed by atoms with van der Waals surface area (Å²) in [5.74, 6) is -2.45. The number of primary amides is 1. The summed E-state index contributed by atoms with van der Waals surface area (Å²) in [5, 5.41) is 24.9. The number of aliphatic hydroxyl groups is 2. The summed E-state index contributed by atoms with van der Waals surface area (Å²) < 4.78 is 25.8. The van der Waals surface area contributed by atoms with E-state index in [4.69, 9.17) is 23.1 Å². The minimum absolute atomic E-state index is 0.133. The quantitative estimate of drug-likeness (QED) is 0.319. The molecule has 2 radical (unpaired) electrons. The predicted octanol–water partition coefficient (Wildman–Crippen LogP) is 3.41. The lowest BCUT2D eigenvalue weighted by atomic mass is 9.70. The number of amides is 2. The number of carbonyl (C=O) groups is 2. The lowest BCUT2D eigenvalue weighted by Gasteiger charge is -2.33. The van der Waals surface area contributed by atoms with Crippen LogP contribution in [0.4, 0.5) is 9.18 Å². The number of nitrogens with one attached hydrogen (secondary N) is 1. The fraction of sp³-hybridized carbons (Fsp3) is 0.643. The molecule has 1 aliphatic heterocycles. The topological polar surface area (TPSA) is 131 Å². The van der Waals surface area contributed by atoms with Crippen LogP contribution in [0.1, 0.15) is 53.9 Å². The zero-order valence-corrected chi connectivity index (χ0v) is 23.2. The van der Waals surface area contributed by atoms with Crippen LogP contribution in [0.2, 0.25) is 5.82 Å². The van der Waals surface area contributed by atoms with Gasteiger partial charge in [-0.05, 0) is 74.1 Å². The highest BCUT2D eigenvalue weighted by molar-refractivity contribution is 6.14. The maximum atomic E-state index is 14.8. The molecule has 2 unspecified atom stereocenters. The summed E-state index contributed by atoms with van der Waals surface area (Å²) in [5.41, 5.74) is 6.98. The second kappa shape index (κ2) is 14.1. The summed E-state index contributed by atoms with van der Waals surface area (Å²) in [6.45, 7) is 8.97. The van der Waals surface area contributed by atoms with Gasteiger partial charge in [0.25, 0.3) is 5.91 Å². The summed E-state index contributed by atoms with van der Waals surface area (Å²) in [7, 11) is 7.54. The fourth-order valence-electron chi connectivity index (χ4n) is 5.11. The summed E-state index contributed by atoms with van der Waals surface area (Å²) in [4.78, 5) is 24.4. The van der Waals surface area contributed by atoms with Gasteiger partial charge in [0.2, 0.25) is 0 Å². The number of rotatable bonds is 2. The van der Waals surface area contributed by atoms with Crippen LogP contribution in [0.15, 0.2) is 46.7 Å². The monoisotopic (exact) mass is 532 g/mol. The van der Waals surface area contributed by atoms with Crippen molar-refractivity contribution in [2.75, 3.05) is 7.11 Å². The molecule has 0 saturated heterocycles.